The Morgan fingerprint density at radius 3 is 2.74 bits per heavy atom. The summed E-state index contributed by atoms with van der Waals surface area (Å²) in [7, 11) is 0. The molecule has 0 aromatic rings. The normalized spacial score (nSPS) is 35.4. The summed E-state index contributed by atoms with van der Waals surface area (Å²) >= 11 is 0. The Hall–Kier alpha value is -0.770. The molecule has 1 saturated heterocycles. The summed E-state index contributed by atoms with van der Waals surface area (Å²) in [5, 5.41) is 3.15. The quantitative estimate of drug-likeness (QED) is 0.849. The van der Waals surface area contributed by atoms with Gasteiger partial charge < -0.3 is 15.0 Å². The van der Waals surface area contributed by atoms with Gasteiger partial charge in [-0.25, -0.2) is 4.79 Å². The van der Waals surface area contributed by atoms with Gasteiger partial charge in [0.25, 0.3) is 0 Å². The van der Waals surface area contributed by atoms with Crippen molar-refractivity contribution < 1.29 is 9.53 Å². The van der Waals surface area contributed by atoms with Crippen molar-refractivity contribution in [2.45, 2.75) is 64.6 Å². The SMILES string of the molecule is CCCN(C(=O)NC1CC1)C1C2CCOC2C1(C)C. The van der Waals surface area contributed by atoms with E-state index in [1.54, 1.807) is 0 Å². The van der Waals surface area contributed by atoms with Crippen molar-refractivity contribution >= 4 is 6.03 Å². The van der Waals surface area contributed by atoms with Crippen molar-refractivity contribution in [2.75, 3.05) is 13.2 Å². The molecule has 4 nitrogen and oxygen atoms in total. The van der Waals surface area contributed by atoms with E-state index in [-0.39, 0.29) is 11.4 Å². The van der Waals surface area contributed by atoms with Crippen LogP contribution in [0.3, 0.4) is 0 Å². The molecule has 4 heteroatoms. The molecule has 1 aliphatic heterocycles. The summed E-state index contributed by atoms with van der Waals surface area (Å²) in [6, 6.07) is 0.928. The largest absolute Gasteiger partial charge is 0.377 e. The van der Waals surface area contributed by atoms with Gasteiger partial charge >= 0.3 is 6.03 Å². The molecule has 2 amide bonds. The van der Waals surface area contributed by atoms with Crippen LogP contribution in [0.4, 0.5) is 4.79 Å². The predicted molar refractivity (Wildman–Crippen MR) is 74.0 cm³/mol. The minimum absolute atomic E-state index is 0.0945. The van der Waals surface area contributed by atoms with Crippen LogP contribution in [-0.4, -0.2) is 42.3 Å². The summed E-state index contributed by atoms with van der Waals surface area (Å²) in [5.41, 5.74) is 0.0945. The fourth-order valence-corrected chi connectivity index (χ4v) is 4.02. The molecule has 0 bridgehead atoms. The van der Waals surface area contributed by atoms with Crippen LogP contribution in [0.15, 0.2) is 0 Å². The molecule has 1 N–H and O–H groups in total. The van der Waals surface area contributed by atoms with Gasteiger partial charge in [0.15, 0.2) is 0 Å². The van der Waals surface area contributed by atoms with Crippen LogP contribution in [0.25, 0.3) is 0 Å². The molecule has 3 fully saturated rings. The maximum atomic E-state index is 12.5. The summed E-state index contributed by atoms with van der Waals surface area (Å²) in [4.78, 5) is 14.6. The van der Waals surface area contributed by atoms with Crippen LogP contribution in [0.2, 0.25) is 0 Å². The maximum Gasteiger partial charge on any atom is 0.317 e. The first-order valence-corrected chi connectivity index (χ1v) is 7.74. The first kappa shape index (κ1) is 13.2. The number of nitrogens with zero attached hydrogens (tertiary/aromatic N) is 1. The summed E-state index contributed by atoms with van der Waals surface area (Å²) in [6.07, 6.45) is 4.77. The van der Waals surface area contributed by atoms with E-state index in [1.807, 2.05) is 0 Å². The molecule has 3 rings (SSSR count). The van der Waals surface area contributed by atoms with Crippen LogP contribution in [-0.2, 0) is 4.74 Å². The summed E-state index contributed by atoms with van der Waals surface area (Å²) in [6.45, 7) is 8.36. The number of nitrogens with one attached hydrogen (secondary N) is 1. The van der Waals surface area contributed by atoms with Crippen molar-refractivity contribution in [2.24, 2.45) is 11.3 Å². The lowest BCUT2D eigenvalue weighted by Crippen LogP contribution is -2.69. The summed E-state index contributed by atoms with van der Waals surface area (Å²) < 4.78 is 5.84. The number of ether oxygens (including phenoxy) is 1. The van der Waals surface area contributed by atoms with E-state index in [0.29, 0.717) is 24.1 Å². The summed E-state index contributed by atoms with van der Waals surface area (Å²) in [5.74, 6) is 0.548. The van der Waals surface area contributed by atoms with Gasteiger partial charge in [0, 0.05) is 36.6 Å². The third kappa shape index (κ3) is 2.14. The fraction of sp³-hybridized carbons (Fsp3) is 0.933. The van der Waals surface area contributed by atoms with Crippen molar-refractivity contribution in [3.05, 3.63) is 0 Å². The van der Waals surface area contributed by atoms with E-state index in [9.17, 15) is 4.79 Å². The first-order valence-electron chi connectivity index (χ1n) is 7.74. The van der Waals surface area contributed by atoms with Crippen molar-refractivity contribution in [1.82, 2.24) is 10.2 Å². The second-order valence-corrected chi connectivity index (χ2v) is 6.93. The number of amides is 2. The van der Waals surface area contributed by atoms with Gasteiger partial charge in [-0.1, -0.05) is 20.8 Å². The van der Waals surface area contributed by atoms with E-state index >= 15 is 0 Å². The Kier molecular flexibility index (Phi) is 3.24. The van der Waals surface area contributed by atoms with Gasteiger partial charge in [0.2, 0.25) is 0 Å². The number of rotatable bonds is 4. The van der Waals surface area contributed by atoms with Crippen molar-refractivity contribution in [3.63, 3.8) is 0 Å². The van der Waals surface area contributed by atoms with Gasteiger partial charge in [-0.15, -0.1) is 0 Å². The minimum atomic E-state index is 0.0945. The molecule has 3 atom stereocenters. The zero-order valence-electron chi connectivity index (χ0n) is 12.3. The molecular weight excluding hydrogens is 240 g/mol. The maximum absolute atomic E-state index is 12.5. The van der Waals surface area contributed by atoms with E-state index < -0.39 is 0 Å². The third-order valence-electron chi connectivity index (χ3n) is 5.00. The van der Waals surface area contributed by atoms with Crippen LogP contribution in [0.1, 0.15) is 46.5 Å². The number of hydrogen-bond donors (Lipinski definition) is 1. The van der Waals surface area contributed by atoms with Crippen molar-refractivity contribution in [1.29, 1.82) is 0 Å². The molecule has 0 aromatic carbocycles. The molecule has 2 saturated carbocycles. The van der Waals surface area contributed by atoms with Gasteiger partial charge in [0.1, 0.15) is 0 Å². The molecule has 0 radical (unpaired) electrons. The highest BCUT2D eigenvalue weighted by Gasteiger charge is 2.62. The molecule has 0 aromatic heterocycles. The zero-order valence-corrected chi connectivity index (χ0v) is 12.3. The Bertz CT molecular complexity index is 365. The average Bonchev–Trinajstić information content (AvgIpc) is 3.05. The topological polar surface area (TPSA) is 41.6 Å². The smallest absolute Gasteiger partial charge is 0.317 e. The Morgan fingerprint density at radius 1 is 1.37 bits per heavy atom. The highest BCUT2D eigenvalue weighted by atomic mass is 16.5. The van der Waals surface area contributed by atoms with E-state index in [2.05, 4.69) is 31.0 Å². The lowest BCUT2D eigenvalue weighted by Gasteiger charge is -2.58. The van der Waals surface area contributed by atoms with E-state index in [4.69, 9.17) is 4.74 Å². The number of carbonyl (C=O) groups excluding carboxylic acids is 1. The minimum Gasteiger partial charge on any atom is -0.377 e. The molecule has 0 spiro atoms. The fourth-order valence-electron chi connectivity index (χ4n) is 4.02. The lowest BCUT2D eigenvalue weighted by atomic mass is 9.56. The lowest BCUT2D eigenvalue weighted by molar-refractivity contribution is -0.143. The van der Waals surface area contributed by atoms with E-state index in [1.165, 1.54) is 0 Å². The highest BCUT2D eigenvalue weighted by Crippen LogP contribution is 2.54. The predicted octanol–water partition coefficient (Wildman–Crippen LogP) is 2.38. The Balaban J connectivity index is 1.73. The number of fused-ring (bicyclic) bond motifs is 1. The van der Waals surface area contributed by atoms with Gasteiger partial charge in [-0.2, -0.15) is 0 Å². The molecule has 108 valence electrons. The number of urea groups is 1. The third-order valence-corrected chi connectivity index (χ3v) is 5.00. The number of carbonyl (C=O) groups is 1. The Morgan fingerprint density at radius 2 is 2.11 bits per heavy atom. The van der Waals surface area contributed by atoms with Gasteiger partial charge in [-0.3, -0.25) is 0 Å². The highest BCUT2D eigenvalue weighted by molar-refractivity contribution is 5.75. The molecule has 3 unspecified atom stereocenters. The molecule has 3 aliphatic rings. The van der Waals surface area contributed by atoms with E-state index in [0.717, 1.165) is 38.8 Å². The second kappa shape index (κ2) is 4.65. The molecule has 1 heterocycles. The monoisotopic (exact) mass is 266 g/mol. The molecule has 19 heavy (non-hydrogen) atoms. The van der Waals surface area contributed by atoms with Crippen LogP contribution >= 0.6 is 0 Å². The van der Waals surface area contributed by atoms with Crippen LogP contribution in [0, 0.1) is 11.3 Å². The van der Waals surface area contributed by atoms with Crippen LogP contribution in [0.5, 0.6) is 0 Å². The average molecular weight is 266 g/mol. The Labute approximate surface area is 115 Å². The standard InChI is InChI=1S/C15H26N2O2/c1-4-8-17(14(18)16-10-5-6-10)12-11-7-9-19-13(11)15(12,2)3/h10-13H,4-9H2,1-3H3,(H,16,18). The number of hydrogen-bond acceptors (Lipinski definition) is 2. The van der Waals surface area contributed by atoms with Gasteiger partial charge in [0.05, 0.1) is 6.10 Å². The van der Waals surface area contributed by atoms with Crippen molar-refractivity contribution in [3.8, 4) is 0 Å². The van der Waals surface area contributed by atoms with Gasteiger partial charge in [-0.05, 0) is 25.7 Å². The second-order valence-electron chi connectivity index (χ2n) is 6.93. The molecular formula is C15H26N2O2. The molecule has 2 aliphatic carbocycles. The first-order chi connectivity index (χ1) is 9.05. The van der Waals surface area contributed by atoms with Crippen LogP contribution < -0.4 is 5.32 Å². The zero-order chi connectivity index (χ0) is 13.6.